The summed E-state index contributed by atoms with van der Waals surface area (Å²) in [7, 11) is 0. The fourth-order valence-corrected chi connectivity index (χ4v) is 8.74. The molecule has 0 fully saturated rings. The third-order valence-corrected chi connectivity index (χ3v) is 11.3. The maximum atomic E-state index is 6.24. The van der Waals surface area contributed by atoms with Gasteiger partial charge in [0.25, 0.3) is 0 Å². The summed E-state index contributed by atoms with van der Waals surface area (Å²) in [6.07, 6.45) is 0. The van der Waals surface area contributed by atoms with Gasteiger partial charge < -0.3 is 4.42 Å². The molecular formula is C52H33BrO. The second-order valence-corrected chi connectivity index (χ2v) is 14.5. The van der Waals surface area contributed by atoms with Crippen LogP contribution >= 0.6 is 15.9 Å². The first-order chi connectivity index (χ1) is 26.8. The molecule has 0 spiro atoms. The van der Waals surface area contributed by atoms with E-state index in [1.165, 1.54) is 66.1 Å². The molecule has 1 heterocycles. The van der Waals surface area contributed by atoms with Crippen molar-refractivity contribution in [2.45, 2.75) is 0 Å². The van der Waals surface area contributed by atoms with Gasteiger partial charge in [0.15, 0.2) is 0 Å². The summed E-state index contributed by atoms with van der Waals surface area (Å²) in [4.78, 5) is 0. The molecule has 254 valence electrons. The molecule has 1 aliphatic rings. The normalized spacial score (nSPS) is 11.4. The zero-order valence-electron chi connectivity index (χ0n) is 29.3. The molecule has 9 aromatic carbocycles. The van der Waals surface area contributed by atoms with Crippen molar-refractivity contribution in [1.29, 1.82) is 0 Å². The number of hydrogen-bond donors (Lipinski definition) is 0. The zero-order valence-corrected chi connectivity index (χ0v) is 30.9. The van der Waals surface area contributed by atoms with Crippen molar-refractivity contribution >= 4 is 48.2 Å². The van der Waals surface area contributed by atoms with Crippen LogP contribution in [0, 0.1) is 0 Å². The molecule has 1 nitrogen and oxygen atoms in total. The highest BCUT2D eigenvalue weighted by Crippen LogP contribution is 2.58. The Kier molecular flexibility index (Phi) is 8.04. The molecule has 1 aliphatic carbocycles. The number of fused-ring (bicyclic) bond motifs is 5. The molecule has 0 N–H and O–H groups in total. The topological polar surface area (TPSA) is 13.1 Å². The lowest BCUT2D eigenvalue weighted by atomic mass is 9.82. The van der Waals surface area contributed by atoms with Crippen LogP contribution in [0.1, 0.15) is 0 Å². The van der Waals surface area contributed by atoms with E-state index in [-0.39, 0.29) is 0 Å². The maximum absolute atomic E-state index is 6.24. The van der Waals surface area contributed by atoms with E-state index >= 15 is 0 Å². The van der Waals surface area contributed by atoms with E-state index in [0.717, 1.165) is 37.9 Å². The Labute approximate surface area is 322 Å². The lowest BCUT2D eigenvalue weighted by Crippen LogP contribution is -1.93. The molecule has 0 radical (unpaired) electrons. The number of halogens is 1. The molecule has 0 atom stereocenters. The summed E-state index contributed by atoms with van der Waals surface area (Å²) in [6.45, 7) is 0. The highest BCUT2D eigenvalue weighted by Gasteiger charge is 2.30. The number of rotatable bonds is 4. The van der Waals surface area contributed by atoms with E-state index in [1.807, 2.05) is 36.4 Å². The molecule has 0 amide bonds. The van der Waals surface area contributed by atoms with Crippen molar-refractivity contribution in [2.75, 3.05) is 0 Å². The van der Waals surface area contributed by atoms with Crippen LogP contribution in [0.5, 0.6) is 0 Å². The van der Waals surface area contributed by atoms with Crippen molar-refractivity contribution in [3.05, 3.63) is 205 Å². The van der Waals surface area contributed by atoms with Gasteiger partial charge in [-0.2, -0.15) is 0 Å². The fourth-order valence-electron chi connectivity index (χ4n) is 8.27. The van der Waals surface area contributed by atoms with Crippen molar-refractivity contribution in [3.8, 4) is 67.2 Å². The van der Waals surface area contributed by atoms with Crippen LogP contribution in [0.25, 0.3) is 99.5 Å². The molecule has 2 heteroatoms. The van der Waals surface area contributed by atoms with Crippen LogP contribution in [0.15, 0.2) is 209 Å². The van der Waals surface area contributed by atoms with Crippen molar-refractivity contribution < 1.29 is 4.42 Å². The summed E-state index contributed by atoms with van der Waals surface area (Å²) in [5.74, 6) is 1.87. The molecule has 0 saturated heterocycles. The molecule has 11 rings (SSSR count). The second kappa shape index (κ2) is 13.5. The van der Waals surface area contributed by atoms with Crippen LogP contribution < -0.4 is 0 Å². The molecule has 0 bridgehead atoms. The summed E-state index contributed by atoms with van der Waals surface area (Å²) in [5.41, 5.74) is 12.7. The van der Waals surface area contributed by atoms with E-state index in [9.17, 15) is 0 Å². The van der Waals surface area contributed by atoms with Crippen LogP contribution in [0.2, 0.25) is 0 Å². The lowest BCUT2D eigenvalue weighted by molar-refractivity contribution is 0.602. The Morgan fingerprint density at radius 3 is 1.11 bits per heavy atom. The van der Waals surface area contributed by atoms with Gasteiger partial charge in [-0.05, 0) is 72.1 Å². The van der Waals surface area contributed by atoms with Gasteiger partial charge in [-0.15, -0.1) is 0 Å². The molecule has 0 saturated carbocycles. The van der Waals surface area contributed by atoms with Gasteiger partial charge in [0.2, 0.25) is 0 Å². The fraction of sp³-hybridized carbons (Fsp3) is 0. The van der Waals surface area contributed by atoms with Crippen LogP contribution in [-0.2, 0) is 0 Å². The van der Waals surface area contributed by atoms with Crippen LogP contribution in [0.3, 0.4) is 0 Å². The smallest absolute Gasteiger partial charge is 0.142 e. The van der Waals surface area contributed by atoms with Gasteiger partial charge >= 0.3 is 0 Å². The minimum atomic E-state index is 0.935. The standard InChI is InChI=1S/C32H19Br.C20H14O/c33-27-19-18-26-30-24(27)16-9-17-25(30)31-28(20-10-3-1-4-11-20)22-14-7-8-15-23(22)29(32(26)31)21-12-5-2-6-13-21;1-3-9-15(10-4-1)19-17-13-7-8-14-18(17)20(21-19)16-11-5-2-6-12-16/h1-19H;1-14H. The van der Waals surface area contributed by atoms with E-state index in [4.69, 9.17) is 4.42 Å². The van der Waals surface area contributed by atoms with Crippen molar-refractivity contribution in [3.63, 3.8) is 0 Å². The Balaban J connectivity index is 0.000000148. The molecule has 0 aliphatic heterocycles. The highest BCUT2D eigenvalue weighted by molar-refractivity contribution is 9.10. The number of benzene rings is 9. The first-order valence-corrected chi connectivity index (χ1v) is 19.1. The predicted octanol–water partition coefficient (Wildman–Crippen LogP) is 15.5. The van der Waals surface area contributed by atoms with E-state index in [1.54, 1.807) is 0 Å². The third-order valence-electron chi connectivity index (χ3n) is 10.6. The van der Waals surface area contributed by atoms with E-state index in [0.29, 0.717) is 0 Å². The monoisotopic (exact) mass is 752 g/mol. The summed E-state index contributed by atoms with van der Waals surface area (Å²) in [6, 6.07) is 70.6. The number of hydrogen-bond acceptors (Lipinski definition) is 1. The molecule has 10 aromatic rings. The Morgan fingerprint density at radius 2 is 0.648 bits per heavy atom. The summed E-state index contributed by atoms with van der Waals surface area (Å²) < 4.78 is 7.38. The SMILES string of the molecule is Brc1ccc2c3c(cccc13)-c1c-2c(-c2ccccc2)c2ccccc2c1-c1ccccc1.c1ccc(-c2oc(-c3ccccc3)c3ccccc23)cc1. The first-order valence-electron chi connectivity index (χ1n) is 18.3. The lowest BCUT2D eigenvalue weighted by Gasteiger charge is -2.20. The molecule has 1 aromatic heterocycles. The molecule has 54 heavy (non-hydrogen) atoms. The van der Waals surface area contributed by atoms with Gasteiger partial charge in [-0.1, -0.05) is 210 Å². The van der Waals surface area contributed by atoms with Gasteiger partial charge in [-0.3, -0.25) is 0 Å². The van der Waals surface area contributed by atoms with Gasteiger partial charge in [0.1, 0.15) is 11.5 Å². The largest absolute Gasteiger partial charge is 0.455 e. The van der Waals surface area contributed by atoms with Gasteiger partial charge in [0, 0.05) is 26.4 Å². The Hall–Kier alpha value is -6.48. The Morgan fingerprint density at radius 1 is 0.278 bits per heavy atom. The average molecular weight is 754 g/mol. The molecular weight excluding hydrogens is 720 g/mol. The highest BCUT2D eigenvalue weighted by atomic mass is 79.9. The quantitative estimate of drug-likeness (QED) is 0.174. The van der Waals surface area contributed by atoms with E-state index < -0.39 is 0 Å². The zero-order chi connectivity index (χ0) is 36.0. The maximum Gasteiger partial charge on any atom is 0.142 e. The third kappa shape index (κ3) is 5.30. The minimum Gasteiger partial charge on any atom is -0.455 e. The van der Waals surface area contributed by atoms with Crippen LogP contribution in [-0.4, -0.2) is 0 Å². The van der Waals surface area contributed by atoms with E-state index in [2.05, 4.69) is 180 Å². The van der Waals surface area contributed by atoms with Gasteiger partial charge in [0.05, 0.1) is 0 Å². The second-order valence-electron chi connectivity index (χ2n) is 13.6. The van der Waals surface area contributed by atoms with Crippen molar-refractivity contribution in [2.24, 2.45) is 0 Å². The van der Waals surface area contributed by atoms with Gasteiger partial charge in [-0.25, -0.2) is 0 Å². The molecule has 0 unspecified atom stereocenters. The minimum absolute atomic E-state index is 0.935. The van der Waals surface area contributed by atoms with Crippen LogP contribution in [0.4, 0.5) is 0 Å². The summed E-state index contributed by atoms with van der Waals surface area (Å²) >= 11 is 3.81. The average Bonchev–Trinajstić information content (AvgIpc) is 3.80. The summed E-state index contributed by atoms with van der Waals surface area (Å²) in [5, 5.41) is 7.51. The predicted molar refractivity (Wildman–Crippen MR) is 232 cm³/mol. The number of furan rings is 1. The first kappa shape index (κ1) is 32.2. The Bertz CT molecular complexity index is 2800. The van der Waals surface area contributed by atoms with Crippen molar-refractivity contribution in [1.82, 2.24) is 0 Å².